The Labute approximate surface area is 176 Å². The number of ether oxygens (including phenoxy) is 1. The molecule has 30 heavy (non-hydrogen) atoms. The summed E-state index contributed by atoms with van der Waals surface area (Å²) in [5.74, 6) is -0.0964. The third-order valence-electron chi connectivity index (χ3n) is 5.79. The SMILES string of the molecule is CCOC(=O)c1cccc2nn(-c3ccc(N4C(=O)C(C)CC4C)cc3)c(CC)c12. The first-order chi connectivity index (χ1) is 14.5. The molecular formula is C24H27N3O3. The van der Waals surface area contributed by atoms with Gasteiger partial charge in [0.2, 0.25) is 5.91 Å². The molecule has 2 atom stereocenters. The number of anilines is 1. The number of fused-ring (bicyclic) bond motifs is 1. The Hall–Kier alpha value is -3.15. The second-order valence-corrected chi connectivity index (χ2v) is 7.84. The van der Waals surface area contributed by atoms with Crippen molar-refractivity contribution < 1.29 is 14.3 Å². The first-order valence-corrected chi connectivity index (χ1v) is 10.6. The molecule has 0 bridgehead atoms. The summed E-state index contributed by atoms with van der Waals surface area (Å²) in [7, 11) is 0. The van der Waals surface area contributed by atoms with Gasteiger partial charge in [-0.3, -0.25) is 4.79 Å². The van der Waals surface area contributed by atoms with E-state index in [4.69, 9.17) is 9.84 Å². The van der Waals surface area contributed by atoms with Gasteiger partial charge in [-0.1, -0.05) is 19.9 Å². The zero-order valence-corrected chi connectivity index (χ0v) is 17.9. The normalized spacial score (nSPS) is 18.9. The van der Waals surface area contributed by atoms with Crippen molar-refractivity contribution in [2.75, 3.05) is 11.5 Å². The van der Waals surface area contributed by atoms with E-state index in [1.165, 1.54) is 0 Å². The van der Waals surface area contributed by atoms with Gasteiger partial charge in [-0.25, -0.2) is 9.48 Å². The molecule has 1 aromatic heterocycles. The van der Waals surface area contributed by atoms with Crippen molar-refractivity contribution in [1.82, 2.24) is 9.78 Å². The summed E-state index contributed by atoms with van der Waals surface area (Å²) < 4.78 is 7.12. The van der Waals surface area contributed by atoms with Gasteiger partial charge >= 0.3 is 5.97 Å². The maximum atomic E-state index is 12.5. The predicted molar refractivity (Wildman–Crippen MR) is 117 cm³/mol. The van der Waals surface area contributed by atoms with Crippen molar-refractivity contribution in [2.24, 2.45) is 5.92 Å². The molecule has 1 amide bonds. The predicted octanol–water partition coefficient (Wildman–Crippen LogP) is 4.53. The smallest absolute Gasteiger partial charge is 0.338 e. The average molecular weight is 405 g/mol. The summed E-state index contributed by atoms with van der Waals surface area (Å²) in [4.78, 5) is 26.8. The molecule has 2 aromatic carbocycles. The molecule has 6 nitrogen and oxygen atoms in total. The van der Waals surface area contributed by atoms with Crippen LogP contribution in [0.4, 0.5) is 5.69 Å². The zero-order valence-electron chi connectivity index (χ0n) is 17.9. The highest BCUT2D eigenvalue weighted by Gasteiger charge is 2.35. The Morgan fingerprint density at radius 2 is 1.80 bits per heavy atom. The molecular weight excluding hydrogens is 378 g/mol. The van der Waals surface area contributed by atoms with Gasteiger partial charge in [-0.2, -0.15) is 5.10 Å². The van der Waals surface area contributed by atoms with Crippen LogP contribution in [0.1, 0.15) is 50.2 Å². The molecule has 1 fully saturated rings. The van der Waals surface area contributed by atoms with Crippen LogP contribution in [0, 0.1) is 5.92 Å². The Morgan fingerprint density at radius 3 is 2.40 bits per heavy atom. The lowest BCUT2D eigenvalue weighted by Gasteiger charge is -2.22. The monoisotopic (exact) mass is 405 g/mol. The number of aryl methyl sites for hydroxylation is 1. The number of benzene rings is 2. The summed E-state index contributed by atoms with van der Waals surface area (Å²) in [6, 6.07) is 13.6. The molecule has 4 rings (SSSR count). The van der Waals surface area contributed by atoms with E-state index in [0.717, 1.165) is 34.4 Å². The zero-order chi connectivity index (χ0) is 21.4. The van der Waals surface area contributed by atoms with E-state index in [0.29, 0.717) is 18.6 Å². The molecule has 1 aliphatic rings. The summed E-state index contributed by atoms with van der Waals surface area (Å²) >= 11 is 0. The van der Waals surface area contributed by atoms with Gasteiger partial charge in [-0.15, -0.1) is 0 Å². The van der Waals surface area contributed by atoms with Gasteiger partial charge < -0.3 is 9.64 Å². The third kappa shape index (κ3) is 3.26. The van der Waals surface area contributed by atoms with Crippen LogP contribution >= 0.6 is 0 Å². The van der Waals surface area contributed by atoms with Crippen molar-refractivity contribution in [2.45, 2.75) is 46.6 Å². The Bertz CT molecular complexity index is 1100. The van der Waals surface area contributed by atoms with Gasteiger partial charge in [0.05, 0.1) is 29.1 Å². The van der Waals surface area contributed by atoms with Crippen LogP contribution in [0.5, 0.6) is 0 Å². The second kappa shape index (κ2) is 7.94. The maximum absolute atomic E-state index is 12.5. The molecule has 0 radical (unpaired) electrons. The van der Waals surface area contributed by atoms with Crippen molar-refractivity contribution in [3.63, 3.8) is 0 Å². The van der Waals surface area contributed by atoms with Crippen molar-refractivity contribution >= 4 is 28.5 Å². The van der Waals surface area contributed by atoms with Crippen LogP contribution in [0.3, 0.4) is 0 Å². The van der Waals surface area contributed by atoms with E-state index >= 15 is 0 Å². The quantitative estimate of drug-likeness (QED) is 0.585. The molecule has 1 saturated heterocycles. The summed E-state index contributed by atoms with van der Waals surface area (Å²) in [5.41, 5.74) is 4.07. The highest BCUT2D eigenvalue weighted by atomic mass is 16.5. The summed E-state index contributed by atoms with van der Waals surface area (Å²) in [6.07, 6.45) is 1.59. The fraction of sp³-hybridized carbons (Fsp3) is 0.375. The summed E-state index contributed by atoms with van der Waals surface area (Å²) in [6.45, 7) is 8.25. The Kier molecular flexibility index (Phi) is 5.33. The molecule has 0 N–H and O–H groups in total. The number of aromatic nitrogens is 2. The van der Waals surface area contributed by atoms with E-state index in [1.807, 2.05) is 52.9 Å². The summed E-state index contributed by atoms with van der Waals surface area (Å²) in [5, 5.41) is 5.59. The third-order valence-corrected chi connectivity index (χ3v) is 5.79. The average Bonchev–Trinajstić information content (AvgIpc) is 3.24. The second-order valence-electron chi connectivity index (χ2n) is 7.84. The lowest BCUT2D eigenvalue weighted by Crippen LogP contribution is -2.31. The number of rotatable bonds is 5. The molecule has 2 heterocycles. The van der Waals surface area contributed by atoms with E-state index in [1.54, 1.807) is 13.0 Å². The fourth-order valence-electron chi connectivity index (χ4n) is 4.43. The van der Waals surface area contributed by atoms with Gasteiger partial charge in [0.1, 0.15) is 0 Å². The Balaban J connectivity index is 1.76. The topological polar surface area (TPSA) is 64.4 Å². The highest BCUT2D eigenvalue weighted by Crippen LogP contribution is 2.31. The largest absolute Gasteiger partial charge is 0.462 e. The standard InChI is InChI=1S/C24H27N3O3/c1-5-21-22-19(24(29)30-6-2)8-7-9-20(22)25-27(21)18-12-10-17(11-13-18)26-16(4)14-15(3)23(26)28/h7-13,15-16H,5-6,14H2,1-4H3. The molecule has 3 aromatic rings. The van der Waals surface area contributed by atoms with Crippen LogP contribution in [0.15, 0.2) is 42.5 Å². The lowest BCUT2D eigenvalue weighted by atomic mass is 10.1. The van der Waals surface area contributed by atoms with Crippen molar-refractivity contribution in [3.8, 4) is 5.69 Å². The Morgan fingerprint density at radius 1 is 1.10 bits per heavy atom. The first kappa shape index (κ1) is 20.1. The molecule has 0 aliphatic carbocycles. The van der Waals surface area contributed by atoms with E-state index < -0.39 is 0 Å². The van der Waals surface area contributed by atoms with Gasteiger partial charge in [0, 0.05) is 23.0 Å². The molecule has 0 spiro atoms. The molecule has 156 valence electrons. The number of nitrogens with zero attached hydrogens (tertiary/aromatic N) is 3. The number of carbonyl (C=O) groups excluding carboxylic acids is 2. The number of carbonyl (C=O) groups is 2. The maximum Gasteiger partial charge on any atom is 0.338 e. The van der Waals surface area contributed by atoms with Crippen LogP contribution in [-0.2, 0) is 16.0 Å². The molecule has 0 saturated carbocycles. The number of amides is 1. The highest BCUT2D eigenvalue weighted by molar-refractivity contribution is 6.05. The molecule has 6 heteroatoms. The number of esters is 1. The van der Waals surface area contributed by atoms with Crippen LogP contribution in [-0.4, -0.2) is 34.3 Å². The van der Waals surface area contributed by atoms with E-state index in [2.05, 4.69) is 13.8 Å². The fourth-order valence-corrected chi connectivity index (χ4v) is 4.43. The minimum absolute atomic E-state index is 0.0593. The van der Waals surface area contributed by atoms with Crippen LogP contribution in [0.25, 0.3) is 16.6 Å². The van der Waals surface area contributed by atoms with Crippen LogP contribution < -0.4 is 4.90 Å². The lowest BCUT2D eigenvalue weighted by molar-refractivity contribution is -0.119. The minimum Gasteiger partial charge on any atom is -0.462 e. The van der Waals surface area contributed by atoms with E-state index in [9.17, 15) is 9.59 Å². The van der Waals surface area contributed by atoms with Crippen molar-refractivity contribution in [1.29, 1.82) is 0 Å². The molecule has 1 aliphatic heterocycles. The van der Waals surface area contributed by atoms with Gasteiger partial charge in [0.25, 0.3) is 0 Å². The van der Waals surface area contributed by atoms with E-state index in [-0.39, 0.29) is 23.8 Å². The van der Waals surface area contributed by atoms with Gasteiger partial charge in [0.15, 0.2) is 0 Å². The van der Waals surface area contributed by atoms with Crippen LogP contribution in [0.2, 0.25) is 0 Å². The number of hydrogen-bond acceptors (Lipinski definition) is 4. The van der Waals surface area contributed by atoms with Crippen molar-refractivity contribution in [3.05, 3.63) is 53.7 Å². The minimum atomic E-state index is -0.330. The first-order valence-electron chi connectivity index (χ1n) is 10.6. The number of hydrogen-bond donors (Lipinski definition) is 0. The molecule has 2 unspecified atom stereocenters. The van der Waals surface area contributed by atoms with Gasteiger partial charge in [-0.05, 0) is 63.1 Å².